The minimum atomic E-state index is -0.474. The van der Waals surface area contributed by atoms with Gasteiger partial charge in [-0.1, -0.05) is 0 Å². The highest BCUT2D eigenvalue weighted by molar-refractivity contribution is 5.40. The Morgan fingerprint density at radius 1 is 1.41 bits per heavy atom. The summed E-state index contributed by atoms with van der Waals surface area (Å²) in [6.45, 7) is 1.70. The Bertz CT molecular complexity index is 609. The molecule has 0 aliphatic heterocycles. The van der Waals surface area contributed by atoms with Crippen molar-refractivity contribution in [1.29, 1.82) is 5.26 Å². The Hall–Kier alpha value is -2.75. The highest BCUT2D eigenvalue weighted by atomic mass is 16.6. The molecule has 0 unspecified atom stereocenters. The number of hydrogen-bond acceptors (Lipinski definition) is 5. The van der Waals surface area contributed by atoms with E-state index in [4.69, 9.17) is 5.26 Å². The number of nitro benzene ring substituents is 1. The van der Waals surface area contributed by atoms with Gasteiger partial charge in [-0.3, -0.25) is 10.1 Å². The molecule has 0 saturated heterocycles. The van der Waals surface area contributed by atoms with Crippen molar-refractivity contribution in [1.82, 2.24) is 14.8 Å². The van der Waals surface area contributed by atoms with E-state index in [0.29, 0.717) is 11.5 Å². The van der Waals surface area contributed by atoms with Crippen molar-refractivity contribution >= 4 is 5.69 Å². The van der Waals surface area contributed by atoms with E-state index >= 15 is 0 Å². The summed E-state index contributed by atoms with van der Waals surface area (Å²) in [4.78, 5) is 13.9. The van der Waals surface area contributed by atoms with E-state index in [0.717, 1.165) is 0 Å². The van der Waals surface area contributed by atoms with Gasteiger partial charge in [-0.2, -0.15) is 5.26 Å². The molecule has 0 bridgehead atoms. The van der Waals surface area contributed by atoms with E-state index in [1.165, 1.54) is 16.8 Å². The van der Waals surface area contributed by atoms with Crippen LogP contribution in [0.3, 0.4) is 0 Å². The van der Waals surface area contributed by atoms with Crippen molar-refractivity contribution < 1.29 is 4.92 Å². The monoisotopic (exact) mass is 229 g/mol. The molecular formula is C10H7N5O2. The van der Waals surface area contributed by atoms with Crippen molar-refractivity contribution in [3.8, 4) is 11.8 Å². The Kier molecular flexibility index (Phi) is 2.54. The van der Waals surface area contributed by atoms with Gasteiger partial charge in [-0.15, -0.1) is 5.10 Å². The maximum absolute atomic E-state index is 10.5. The molecule has 0 atom stereocenters. The van der Waals surface area contributed by atoms with Crippen LogP contribution in [0.15, 0.2) is 24.3 Å². The number of nitro groups is 1. The zero-order valence-electron chi connectivity index (χ0n) is 8.86. The Morgan fingerprint density at radius 3 is 2.53 bits per heavy atom. The van der Waals surface area contributed by atoms with Crippen LogP contribution in [0.1, 0.15) is 11.6 Å². The molecule has 17 heavy (non-hydrogen) atoms. The van der Waals surface area contributed by atoms with Crippen molar-refractivity contribution in [3.05, 3.63) is 46.0 Å². The number of non-ortho nitro benzene ring substituents is 1. The fourth-order valence-corrected chi connectivity index (χ4v) is 1.40. The molecule has 0 spiro atoms. The number of rotatable bonds is 2. The predicted octanol–water partition coefficient (Wildman–Crippen LogP) is 1.36. The molecule has 0 fully saturated rings. The molecule has 0 saturated carbocycles. The first-order chi connectivity index (χ1) is 8.11. The summed E-state index contributed by atoms with van der Waals surface area (Å²) in [7, 11) is 0. The van der Waals surface area contributed by atoms with Crippen LogP contribution in [0.4, 0.5) is 5.69 Å². The normalized spacial score (nSPS) is 9.88. The second kappa shape index (κ2) is 4.02. The van der Waals surface area contributed by atoms with Crippen molar-refractivity contribution in [2.24, 2.45) is 0 Å². The van der Waals surface area contributed by atoms with Gasteiger partial charge in [0.1, 0.15) is 11.9 Å². The number of nitrogens with zero attached hydrogens (tertiary/aromatic N) is 5. The van der Waals surface area contributed by atoms with Gasteiger partial charge in [0.2, 0.25) is 0 Å². The van der Waals surface area contributed by atoms with Crippen LogP contribution in [-0.2, 0) is 0 Å². The van der Waals surface area contributed by atoms with Gasteiger partial charge in [-0.05, 0) is 19.1 Å². The lowest BCUT2D eigenvalue weighted by Crippen LogP contribution is -1.99. The van der Waals surface area contributed by atoms with Crippen LogP contribution >= 0.6 is 0 Å². The molecule has 0 radical (unpaired) electrons. The number of aromatic nitrogens is 3. The molecule has 1 aromatic carbocycles. The minimum absolute atomic E-state index is 0.00650. The first kappa shape index (κ1) is 10.8. The quantitative estimate of drug-likeness (QED) is 0.571. The lowest BCUT2D eigenvalue weighted by Gasteiger charge is -2.01. The zero-order valence-corrected chi connectivity index (χ0v) is 8.86. The minimum Gasteiger partial charge on any atom is -0.258 e. The van der Waals surface area contributed by atoms with Crippen LogP contribution in [0.25, 0.3) is 5.69 Å². The van der Waals surface area contributed by atoms with Gasteiger partial charge in [-0.25, -0.2) is 9.67 Å². The Morgan fingerprint density at radius 2 is 2.06 bits per heavy atom. The second-order valence-corrected chi connectivity index (χ2v) is 3.28. The first-order valence-electron chi connectivity index (χ1n) is 4.70. The van der Waals surface area contributed by atoms with Crippen molar-refractivity contribution in [2.75, 3.05) is 0 Å². The Balaban J connectivity index is 2.43. The smallest absolute Gasteiger partial charge is 0.258 e. The van der Waals surface area contributed by atoms with E-state index in [9.17, 15) is 10.1 Å². The maximum Gasteiger partial charge on any atom is 0.269 e. The van der Waals surface area contributed by atoms with Crippen molar-refractivity contribution in [3.63, 3.8) is 0 Å². The fraction of sp³-hybridized carbons (Fsp3) is 0.100. The van der Waals surface area contributed by atoms with Gasteiger partial charge in [0, 0.05) is 12.1 Å². The maximum atomic E-state index is 10.5. The summed E-state index contributed by atoms with van der Waals surface area (Å²) < 4.78 is 1.46. The SMILES string of the molecule is Cc1nc(C#N)nn1-c1ccc([N+](=O)[O-])cc1. The molecule has 0 amide bonds. The van der Waals surface area contributed by atoms with Gasteiger partial charge >= 0.3 is 0 Å². The van der Waals surface area contributed by atoms with Crippen LogP contribution < -0.4 is 0 Å². The van der Waals surface area contributed by atoms with E-state index in [2.05, 4.69) is 10.1 Å². The summed E-state index contributed by atoms with van der Waals surface area (Å²) in [6, 6.07) is 7.70. The largest absolute Gasteiger partial charge is 0.269 e. The molecule has 2 aromatic rings. The summed E-state index contributed by atoms with van der Waals surface area (Å²) in [6.07, 6.45) is 0. The van der Waals surface area contributed by atoms with Crippen LogP contribution in [0.5, 0.6) is 0 Å². The van der Waals surface area contributed by atoms with Crippen LogP contribution in [0, 0.1) is 28.4 Å². The number of hydrogen-bond donors (Lipinski definition) is 0. The first-order valence-corrected chi connectivity index (χ1v) is 4.70. The molecule has 84 valence electrons. The molecule has 0 N–H and O–H groups in total. The lowest BCUT2D eigenvalue weighted by atomic mass is 10.3. The second-order valence-electron chi connectivity index (χ2n) is 3.28. The third-order valence-corrected chi connectivity index (χ3v) is 2.17. The molecule has 0 aliphatic carbocycles. The van der Waals surface area contributed by atoms with Gasteiger partial charge in [0.15, 0.2) is 0 Å². The standard InChI is InChI=1S/C10H7N5O2/c1-7-12-10(6-11)13-14(7)8-2-4-9(5-3-8)15(16)17/h2-5H,1H3. The fourth-order valence-electron chi connectivity index (χ4n) is 1.40. The third kappa shape index (κ3) is 1.96. The van der Waals surface area contributed by atoms with Gasteiger partial charge in [0.25, 0.3) is 11.5 Å². The zero-order chi connectivity index (χ0) is 12.4. The summed E-state index contributed by atoms with van der Waals surface area (Å²) in [5, 5.41) is 23.1. The van der Waals surface area contributed by atoms with E-state index in [1.807, 2.05) is 6.07 Å². The molecule has 2 rings (SSSR count). The van der Waals surface area contributed by atoms with E-state index < -0.39 is 4.92 Å². The number of nitriles is 1. The van der Waals surface area contributed by atoms with Gasteiger partial charge in [0.05, 0.1) is 10.6 Å². The molecular weight excluding hydrogens is 222 g/mol. The van der Waals surface area contributed by atoms with Crippen molar-refractivity contribution in [2.45, 2.75) is 6.92 Å². The molecule has 1 aromatic heterocycles. The molecule has 7 heteroatoms. The average Bonchev–Trinajstić information content (AvgIpc) is 2.71. The highest BCUT2D eigenvalue weighted by Gasteiger charge is 2.09. The van der Waals surface area contributed by atoms with E-state index in [-0.39, 0.29) is 11.5 Å². The van der Waals surface area contributed by atoms with Gasteiger partial charge < -0.3 is 0 Å². The number of benzene rings is 1. The summed E-state index contributed by atoms with van der Waals surface area (Å²) in [5.41, 5.74) is 0.633. The van der Waals surface area contributed by atoms with Crippen LogP contribution in [-0.4, -0.2) is 19.7 Å². The molecule has 1 heterocycles. The molecule has 0 aliphatic rings. The van der Waals surface area contributed by atoms with Crippen LogP contribution in [0.2, 0.25) is 0 Å². The topological polar surface area (TPSA) is 97.6 Å². The average molecular weight is 229 g/mol. The lowest BCUT2D eigenvalue weighted by molar-refractivity contribution is -0.384. The molecule has 7 nitrogen and oxygen atoms in total. The summed E-state index contributed by atoms with van der Waals surface area (Å²) >= 11 is 0. The van der Waals surface area contributed by atoms with E-state index in [1.54, 1.807) is 19.1 Å². The highest BCUT2D eigenvalue weighted by Crippen LogP contribution is 2.15. The third-order valence-electron chi connectivity index (χ3n) is 2.17. The summed E-state index contributed by atoms with van der Waals surface area (Å²) in [5.74, 6) is 0.622. The predicted molar refractivity (Wildman–Crippen MR) is 57.5 cm³/mol. The Labute approximate surface area is 96.1 Å². The number of aryl methyl sites for hydroxylation is 1.